The minimum absolute atomic E-state index is 0.184. The number of carboxylic acids is 1. The van der Waals surface area contributed by atoms with Crippen molar-refractivity contribution in [3.05, 3.63) is 83.9 Å². The van der Waals surface area contributed by atoms with E-state index in [1.807, 2.05) is 72.8 Å². The van der Waals surface area contributed by atoms with Gasteiger partial charge in [-0.3, -0.25) is 9.69 Å². The normalized spacial score (nSPS) is 21.4. The number of para-hydroxylation sites is 1. The first-order valence-electron chi connectivity index (χ1n) is 11.3. The predicted molar refractivity (Wildman–Crippen MR) is 126 cm³/mol. The number of fused-ring (bicyclic) bond motifs is 1. The van der Waals surface area contributed by atoms with Crippen molar-refractivity contribution >= 4 is 5.97 Å². The number of ether oxygens (including phenoxy) is 4. The minimum atomic E-state index is -0.824. The number of nitrogens with zero attached hydrogens (tertiary/aromatic N) is 1. The molecule has 0 aromatic heterocycles. The molecule has 3 aromatic rings. The summed E-state index contributed by atoms with van der Waals surface area (Å²) < 4.78 is 22.2. The van der Waals surface area contributed by atoms with Crippen LogP contribution < -0.4 is 18.9 Å². The van der Waals surface area contributed by atoms with E-state index in [2.05, 4.69) is 4.90 Å². The molecule has 7 heteroatoms. The molecule has 176 valence electrons. The monoisotopic (exact) mass is 461 g/mol. The summed E-state index contributed by atoms with van der Waals surface area (Å²) in [5.74, 6) is 1.21. The Morgan fingerprint density at radius 2 is 1.71 bits per heavy atom. The Morgan fingerprint density at radius 3 is 2.44 bits per heavy atom. The average Bonchev–Trinajstić information content (AvgIpc) is 3.49. The van der Waals surface area contributed by atoms with Gasteiger partial charge in [-0.15, -0.1) is 0 Å². The zero-order valence-electron chi connectivity index (χ0n) is 18.9. The van der Waals surface area contributed by atoms with Crippen LogP contribution in [-0.2, 0) is 4.79 Å². The van der Waals surface area contributed by atoms with Gasteiger partial charge in [0.2, 0.25) is 6.79 Å². The van der Waals surface area contributed by atoms with Crippen LogP contribution in [0.1, 0.15) is 23.1 Å². The number of likely N-dealkylation sites (tertiary alicyclic amines) is 1. The van der Waals surface area contributed by atoms with Crippen LogP contribution in [0.3, 0.4) is 0 Å². The fourth-order valence-corrected chi connectivity index (χ4v) is 4.94. The van der Waals surface area contributed by atoms with Crippen molar-refractivity contribution in [2.24, 2.45) is 5.92 Å². The second-order valence-electron chi connectivity index (χ2n) is 8.46. The number of methoxy groups -OCH3 is 1. The highest BCUT2D eigenvalue weighted by molar-refractivity contribution is 5.74. The van der Waals surface area contributed by atoms with Crippen LogP contribution in [0, 0.1) is 5.92 Å². The van der Waals surface area contributed by atoms with Crippen LogP contribution in [0.15, 0.2) is 72.8 Å². The summed E-state index contributed by atoms with van der Waals surface area (Å²) in [6.07, 6.45) is 0. The highest BCUT2D eigenvalue weighted by Gasteiger charge is 2.47. The van der Waals surface area contributed by atoms with Crippen LogP contribution in [0.5, 0.6) is 23.0 Å². The van der Waals surface area contributed by atoms with Gasteiger partial charge in [0.05, 0.1) is 13.0 Å². The van der Waals surface area contributed by atoms with Crippen molar-refractivity contribution in [1.82, 2.24) is 4.90 Å². The molecule has 3 atom stereocenters. The SMILES string of the molecule is COc1ccc(C2C(C(=O)O)C(c3ccc4c(c3)OCO4)CN2CCOc2ccccc2)cc1. The van der Waals surface area contributed by atoms with Crippen LogP contribution >= 0.6 is 0 Å². The van der Waals surface area contributed by atoms with Crippen molar-refractivity contribution in [3.8, 4) is 23.0 Å². The lowest BCUT2D eigenvalue weighted by Gasteiger charge is -2.27. The van der Waals surface area contributed by atoms with Gasteiger partial charge in [-0.1, -0.05) is 36.4 Å². The number of hydrogen-bond acceptors (Lipinski definition) is 6. The van der Waals surface area contributed by atoms with E-state index in [0.29, 0.717) is 31.2 Å². The number of benzene rings is 3. The lowest BCUT2D eigenvalue weighted by atomic mass is 9.82. The van der Waals surface area contributed by atoms with E-state index in [1.165, 1.54) is 0 Å². The second-order valence-corrected chi connectivity index (χ2v) is 8.46. The van der Waals surface area contributed by atoms with Gasteiger partial charge in [0, 0.05) is 25.0 Å². The van der Waals surface area contributed by atoms with E-state index in [1.54, 1.807) is 7.11 Å². The molecule has 0 saturated carbocycles. The van der Waals surface area contributed by atoms with Crippen LogP contribution in [0.25, 0.3) is 0 Å². The first kappa shape index (κ1) is 22.1. The van der Waals surface area contributed by atoms with E-state index >= 15 is 0 Å². The summed E-state index contributed by atoms with van der Waals surface area (Å²) in [5, 5.41) is 10.4. The Labute approximate surface area is 198 Å². The summed E-state index contributed by atoms with van der Waals surface area (Å²) in [6.45, 7) is 1.82. The van der Waals surface area contributed by atoms with Gasteiger partial charge in [0.25, 0.3) is 0 Å². The van der Waals surface area contributed by atoms with Crippen molar-refractivity contribution in [2.45, 2.75) is 12.0 Å². The van der Waals surface area contributed by atoms with E-state index in [9.17, 15) is 9.90 Å². The molecule has 34 heavy (non-hydrogen) atoms. The quantitative estimate of drug-likeness (QED) is 0.535. The van der Waals surface area contributed by atoms with Crippen LogP contribution in [0.2, 0.25) is 0 Å². The predicted octanol–water partition coefficient (Wildman–Crippen LogP) is 4.34. The van der Waals surface area contributed by atoms with E-state index in [4.69, 9.17) is 18.9 Å². The number of rotatable bonds is 8. The van der Waals surface area contributed by atoms with Crippen molar-refractivity contribution in [3.63, 3.8) is 0 Å². The van der Waals surface area contributed by atoms with Crippen molar-refractivity contribution in [2.75, 3.05) is 33.6 Å². The molecule has 0 radical (unpaired) electrons. The van der Waals surface area contributed by atoms with Gasteiger partial charge in [0.15, 0.2) is 11.5 Å². The molecular weight excluding hydrogens is 434 g/mol. The molecule has 1 N–H and O–H groups in total. The highest BCUT2D eigenvalue weighted by atomic mass is 16.7. The molecule has 2 heterocycles. The zero-order valence-corrected chi connectivity index (χ0v) is 18.9. The van der Waals surface area contributed by atoms with Crippen molar-refractivity contribution < 1.29 is 28.8 Å². The molecule has 0 bridgehead atoms. The molecule has 0 amide bonds. The maximum Gasteiger partial charge on any atom is 0.309 e. The largest absolute Gasteiger partial charge is 0.497 e. The first-order chi connectivity index (χ1) is 16.6. The lowest BCUT2D eigenvalue weighted by molar-refractivity contribution is -0.143. The van der Waals surface area contributed by atoms with E-state index in [0.717, 1.165) is 22.6 Å². The molecule has 0 spiro atoms. The van der Waals surface area contributed by atoms with Crippen LogP contribution in [0.4, 0.5) is 0 Å². The minimum Gasteiger partial charge on any atom is -0.497 e. The third-order valence-electron chi connectivity index (χ3n) is 6.56. The maximum absolute atomic E-state index is 12.6. The Hall–Kier alpha value is -3.71. The molecule has 0 aliphatic carbocycles. The topological polar surface area (TPSA) is 77.5 Å². The van der Waals surface area contributed by atoms with Crippen molar-refractivity contribution in [1.29, 1.82) is 0 Å². The van der Waals surface area contributed by atoms with E-state index in [-0.39, 0.29) is 18.8 Å². The molecule has 2 aliphatic rings. The third-order valence-corrected chi connectivity index (χ3v) is 6.56. The Morgan fingerprint density at radius 1 is 0.971 bits per heavy atom. The van der Waals surface area contributed by atoms with Gasteiger partial charge >= 0.3 is 5.97 Å². The van der Waals surface area contributed by atoms with Gasteiger partial charge in [0.1, 0.15) is 18.1 Å². The Kier molecular flexibility index (Phi) is 6.27. The highest BCUT2D eigenvalue weighted by Crippen LogP contribution is 2.47. The van der Waals surface area contributed by atoms with Gasteiger partial charge in [-0.2, -0.15) is 0 Å². The molecule has 5 rings (SSSR count). The van der Waals surface area contributed by atoms with E-state index < -0.39 is 11.9 Å². The molecule has 7 nitrogen and oxygen atoms in total. The molecule has 1 saturated heterocycles. The van der Waals surface area contributed by atoms with Crippen LogP contribution in [-0.4, -0.2) is 49.6 Å². The first-order valence-corrected chi connectivity index (χ1v) is 11.3. The fourth-order valence-electron chi connectivity index (χ4n) is 4.94. The summed E-state index contributed by atoms with van der Waals surface area (Å²) >= 11 is 0. The summed E-state index contributed by atoms with van der Waals surface area (Å²) in [6, 6.07) is 22.7. The molecular formula is C27H27NO6. The summed E-state index contributed by atoms with van der Waals surface area (Å²) in [4.78, 5) is 14.8. The number of aliphatic carboxylic acids is 1. The summed E-state index contributed by atoms with van der Waals surface area (Å²) in [7, 11) is 1.62. The Bertz CT molecular complexity index is 1130. The Balaban J connectivity index is 1.44. The molecule has 1 fully saturated rings. The van der Waals surface area contributed by atoms with Gasteiger partial charge < -0.3 is 24.1 Å². The number of carboxylic acid groups (broad SMARTS) is 1. The molecule has 3 unspecified atom stereocenters. The smallest absolute Gasteiger partial charge is 0.309 e. The fraction of sp³-hybridized carbons (Fsp3) is 0.296. The number of carbonyl (C=O) groups is 1. The lowest BCUT2D eigenvalue weighted by Crippen LogP contribution is -2.31. The third kappa shape index (κ3) is 4.39. The van der Waals surface area contributed by atoms with Gasteiger partial charge in [-0.25, -0.2) is 0 Å². The standard InChI is InChI=1S/C27H27NO6/c1-31-20-10-7-18(8-11-20)26-25(27(29)30)22(19-9-12-23-24(15-19)34-17-33-23)16-28(26)13-14-32-21-5-3-2-4-6-21/h2-12,15,22,25-26H,13-14,16-17H2,1H3,(H,29,30). The summed E-state index contributed by atoms with van der Waals surface area (Å²) in [5.41, 5.74) is 1.87. The molecule has 3 aromatic carbocycles. The number of hydrogen-bond donors (Lipinski definition) is 1. The second kappa shape index (κ2) is 9.65. The van der Waals surface area contributed by atoms with Gasteiger partial charge in [-0.05, 0) is 47.5 Å². The zero-order chi connectivity index (χ0) is 23.5. The average molecular weight is 462 g/mol. The molecule has 2 aliphatic heterocycles. The maximum atomic E-state index is 12.6.